The summed E-state index contributed by atoms with van der Waals surface area (Å²) < 4.78 is 3.90. The second-order valence-corrected chi connectivity index (χ2v) is 8.85. The van der Waals surface area contributed by atoms with E-state index in [9.17, 15) is 24.3 Å². The van der Waals surface area contributed by atoms with Crippen molar-refractivity contribution in [2.24, 2.45) is 7.05 Å². The standard InChI is InChI=1S/C22H18BrN3O5/c1-10-4-3-5-12(19(10)28)17-11-6-7-25-21(30)24(2)22(31)26(25)15(11)8-13-18(17)16(27)9-14(23)20(13)29/h3-6,9,15,17,28H,7-8H2,1-2H3/t15-,17-/m1/s1. The van der Waals surface area contributed by atoms with Crippen molar-refractivity contribution in [2.45, 2.75) is 31.8 Å². The Kier molecular flexibility index (Phi) is 4.23. The van der Waals surface area contributed by atoms with E-state index in [2.05, 4.69) is 15.9 Å². The number of aromatic hydroxyl groups is 1. The highest BCUT2D eigenvalue weighted by atomic mass is 79.9. The van der Waals surface area contributed by atoms with Crippen molar-refractivity contribution in [1.29, 1.82) is 0 Å². The van der Waals surface area contributed by atoms with Gasteiger partial charge in [-0.05, 0) is 34.0 Å². The predicted molar refractivity (Wildman–Crippen MR) is 115 cm³/mol. The first-order valence-corrected chi connectivity index (χ1v) is 10.6. The molecule has 0 saturated carbocycles. The van der Waals surface area contributed by atoms with Crippen LogP contribution in [0.15, 0.2) is 61.1 Å². The molecule has 1 N–H and O–H groups in total. The number of aromatic nitrogens is 3. The number of aryl methyl sites for hydroxylation is 1. The van der Waals surface area contributed by atoms with Gasteiger partial charge in [-0.25, -0.2) is 23.5 Å². The summed E-state index contributed by atoms with van der Waals surface area (Å²) in [4.78, 5) is 51.4. The van der Waals surface area contributed by atoms with Crippen molar-refractivity contribution < 1.29 is 14.7 Å². The third-order valence-corrected chi connectivity index (χ3v) is 6.96. The maximum atomic E-state index is 13.1. The van der Waals surface area contributed by atoms with Gasteiger partial charge in [0.05, 0.1) is 17.1 Å². The van der Waals surface area contributed by atoms with E-state index < -0.39 is 23.3 Å². The van der Waals surface area contributed by atoms with Crippen LogP contribution in [0.4, 0.5) is 0 Å². The molecule has 0 unspecified atom stereocenters. The lowest BCUT2D eigenvalue weighted by molar-refractivity contribution is -0.115. The summed E-state index contributed by atoms with van der Waals surface area (Å²) in [6.45, 7) is 1.92. The van der Waals surface area contributed by atoms with Crippen molar-refractivity contribution in [1.82, 2.24) is 13.9 Å². The normalized spacial score (nSPS) is 22.5. The average Bonchev–Trinajstić information content (AvgIpc) is 2.97. The minimum Gasteiger partial charge on any atom is -0.507 e. The Balaban J connectivity index is 1.82. The van der Waals surface area contributed by atoms with E-state index in [1.807, 2.05) is 6.08 Å². The van der Waals surface area contributed by atoms with Crippen LogP contribution >= 0.6 is 15.9 Å². The molecule has 2 aliphatic carbocycles. The van der Waals surface area contributed by atoms with E-state index in [1.54, 1.807) is 25.1 Å². The molecular formula is C22H18BrN3O5. The fraction of sp³-hybridized carbons (Fsp3) is 0.273. The second-order valence-electron chi connectivity index (χ2n) is 8.00. The molecule has 9 heteroatoms. The number of ketones is 2. The largest absolute Gasteiger partial charge is 0.507 e. The highest BCUT2D eigenvalue weighted by Gasteiger charge is 2.45. The third-order valence-electron chi connectivity index (χ3n) is 6.37. The van der Waals surface area contributed by atoms with Gasteiger partial charge in [-0.2, -0.15) is 0 Å². The smallest absolute Gasteiger partial charge is 0.347 e. The number of para-hydroxylation sites is 1. The number of Topliss-reactive ketones (excluding diaryl/α,β-unsaturated/α-hetero) is 1. The maximum absolute atomic E-state index is 13.1. The van der Waals surface area contributed by atoms with E-state index in [0.29, 0.717) is 22.3 Å². The molecule has 0 radical (unpaired) electrons. The van der Waals surface area contributed by atoms with Gasteiger partial charge < -0.3 is 5.11 Å². The Morgan fingerprint density at radius 3 is 2.61 bits per heavy atom. The molecule has 2 aromatic rings. The lowest BCUT2D eigenvalue weighted by atomic mass is 9.68. The molecule has 2 atom stereocenters. The first-order valence-electron chi connectivity index (χ1n) is 9.78. The predicted octanol–water partition coefficient (Wildman–Crippen LogP) is 1.76. The first-order chi connectivity index (χ1) is 14.7. The lowest BCUT2D eigenvalue weighted by Gasteiger charge is -2.39. The molecule has 3 aliphatic rings. The van der Waals surface area contributed by atoms with Crippen molar-refractivity contribution in [2.75, 3.05) is 0 Å². The number of phenols is 1. The Hall–Kier alpha value is -3.20. The summed E-state index contributed by atoms with van der Waals surface area (Å²) in [5.41, 5.74) is 1.54. The van der Waals surface area contributed by atoms with Gasteiger partial charge in [-0.1, -0.05) is 24.3 Å². The lowest BCUT2D eigenvalue weighted by Crippen LogP contribution is -2.40. The van der Waals surface area contributed by atoms with Crippen LogP contribution in [0.3, 0.4) is 0 Å². The third kappa shape index (κ3) is 2.59. The van der Waals surface area contributed by atoms with Crippen LogP contribution in [-0.2, 0) is 23.2 Å². The van der Waals surface area contributed by atoms with Crippen LogP contribution < -0.4 is 11.4 Å². The van der Waals surface area contributed by atoms with Crippen LogP contribution in [0.1, 0.15) is 29.5 Å². The van der Waals surface area contributed by atoms with Gasteiger partial charge in [-0.15, -0.1) is 0 Å². The molecule has 5 rings (SSSR count). The summed E-state index contributed by atoms with van der Waals surface area (Å²) in [7, 11) is 1.41. The fourth-order valence-electron chi connectivity index (χ4n) is 4.86. The SMILES string of the molecule is Cc1cccc([C@H]2C3=CCn4c(=O)n(C)c(=O)n4[C@@H]3CC3=C2C(=O)C=C(Br)C3=O)c1O. The summed E-state index contributed by atoms with van der Waals surface area (Å²) in [5, 5.41) is 10.8. The van der Waals surface area contributed by atoms with Gasteiger partial charge in [-0.3, -0.25) is 9.59 Å². The molecular weight excluding hydrogens is 466 g/mol. The van der Waals surface area contributed by atoms with E-state index in [4.69, 9.17) is 0 Å². The van der Waals surface area contributed by atoms with Crippen LogP contribution in [0.5, 0.6) is 5.75 Å². The molecule has 31 heavy (non-hydrogen) atoms. The molecule has 2 heterocycles. The Bertz CT molecular complexity index is 1420. The Morgan fingerprint density at radius 1 is 1.13 bits per heavy atom. The molecule has 0 amide bonds. The fourth-order valence-corrected chi connectivity index (χ4v) is 5.30. The van der Waals surface area contributed by atoms with Crippen molar-refractivity contribution >= 4 is 27.5 Å². The molecule has 158 valence electrons. The number of benzene rings is 1. The number of carbonyl (C=O) groups excluding carboxylic acids is 2. The zero-order valence-electron chi connectivity index (χ0n) is 16.8. The van der Waals surface area contributed by atoms with Gasteiger partial charge in [0, 0.05) is 42.2 Å². The molecule has 0 saturated heterocycles. The average molecular weight is 484 g/mol. The number of hydrogen-bond donors (Lipinski definition) is 1. The quantitative estimate of drug-likeness (QED) is 0.491. The molecule has 0 spiro atoms. The summed E-state index contributed by atoms with van der Waals surface area (Å²) >= 11 is 3.17. The first kappa shape index (κ1) is 19.7. The summed E-state index contributed by atoms with van der Waals surface area (Å²) in [6.07, 6.45) is 3.20. The van der Waals surface area contributed by atoms with E-state index in [0.717, 1.165) is 10.1 Å². The number of phenolic OH excluding ortho intramolecular Hbond substituents is 1. The van der Waals surface area contributed by atoms with Crippen molar-refractivity contribution in [3.8, 4) is 5.75 Å². The van der Waals surface area contributed by atoms with Crippen LogP contribution in [-0.4, -0.2) is 30.6 Å². The zero-order valence-corrected chi connectivity index (χ0v) is 18.3. The highest BCUT2D eigenvalue weighted by molar-refractivity contribution is 9.12. The van der Waals surface area contributed by atoms with Gasteiger partial charge in [0.25, 0.3) is 0 Å². The topological polar surface area (TPSA) is 103 Å². The second kappa shape index (κ2) is 6.65. The van der Waals surface area contributed by atoms with Gasteiger partial charge in [0.2, 0.25) is 0 Å². The van der Waals surface area contributed by atoms with Crippen LogP contribution in [0.25, 0.3) is 0 Å². The molecule has 1 aromatic carbocycles. The molecule has 1 aromatic heterocycles. The molecule has 1 aliphatic heterocycles. The van der Waals surface area contributed by atoms with Crippen molar-refractivity contribution in [3.63, 3.8) is 0 Å². The highest BCUT2D eigenvalue weighted by Crippen LogP contribution is 2.51. The van der Waals surface area contributed by atoms with E-state index in [1.165, 1.54) is 22.5 Å². The maximum Gasteiger partial charge on any atom is 0.347 e. The van der Waals surface area contributed by atoms with Crippen molar-refractivity contribution in [3.05, 3.63) is 83.6 Å². The minimum absolute atomic E-state index is 0.0399. The number of nitrogens with zero attached hydrogens (tertiary/aromatic N) is 3. The monoisotopic (exact) mass is 483 g/mol. The number of rotatable bonds is 1. The number of halogens is 1. The van der Waals surface area contributed by atoms with Gasteiger partial charge in [0.1, 0.15) is 5.75 Å². The Morgan fingerprint density at radius 2 is 1.87 bits per heavy atom. The van der Waals surface area contributed by atoms with Gasteiger partial charge >= 0.3 is 11.4 Å². The number of fused-ring (bicyclic) bond motifs is 3. The Labute approximate surface area is 184 Å². The number of carbonyl (C=O) groups is 2. The molecule has 0 bridgehead atoms. The summed E-state index contributed by atoms with van der Waals surface area (Å²) in [5.74, 6) is -1.29. The number of hydrogen-bond acceptors (Lipinski definition) is 5. The minimum atomic E-state index is -0.696. The van der Waals surface area contributed by atoms with Crippen LogP contribution in [0, 0.1) is 6.92 Å². The zero-order chi connectivity index (χ0) is 22.2. The number of allylic oxidation sites excluding steroid dienone is 6. The summed E-state index contributed by atoms with van der Waals surface area (Å²) in [6, 6.07) is 4.65. The van der Waals surface area contributed by atoms with Gasteiger partial charge in [0.15, 0.2) is 11.6 Å². The van der Waals surface area contributed by atoms with E-state index >= 15 is 0 Å². The van der Waals surface area contributed by atoms with Crippen LogP contribution in [0.2, 0.25) is 0 Å². The molecule has 0 fully saturated rings. The molecule has 8 nitrogen and oxygen atoms in total. The van der Waals surface area contributed by atoms with E-state index in [-0.39, 0.29) is 34.8 Å².